The van der Waals surface area contributed by atoms with Crippen LogP contribution in [0.2, 0.25) is 0 Å². The van der Waals surface area contributed by atoms with Crippen LogP contribution in [0.4, 0.5) is 8.78 Å². The highest BCUT2D eigenvalue weighted by Crippen LogP contribution is 2.33. The van der Waals surface area contributed by atoms with Crippen molar-refractivity contribution in [2.45, 2.75) is 25.2 Å². The minimum atomic E-state index is -0.548. The number of hydrogen-bond donors (Lipinski definition) is 0. The predicted octanol–water partition coefficient (Wildman–Crippen LogP) is 5.09. The van der Waals surface area contributed by atoms with E-state index in [2.05, 4.69) is 0 Å². The SMILES string of the molecule is CCC(CCl)(Cc1cc(F)cc(F)c1)c1ccccc1. The van der Waals surface area contributed by atoms with Gasteiger partial charge in [-0.1, -0.05) is 37.3 Å². The lowest BCUT2D eigenvalue weighted by molar-refractivity contribution is 0.455. The van der Waals surface area contributed by atoms with Crippen LogP contribution in [0.15, 0.2) is 48.5 Å². The third-order valence-corrected chi connectivity index (χ3v) is 4.30. The zero-order chi connectivity index (χ0) is 14.6. The van der Waals surface area contributed by atoms with Crippen molar-refractivity contribution in [3.8, 4) is 0 Å². The van der Waals surface area contributed by atoms with Gasteiger partial charge in [-0.05, 0) is 36.1 Å². The van der Waals surface area contributed by atoms with E-state index in [4.69, 9.17) is 11.6 Å². The minimum absolute atomic E-state index is 0.303. The summed E-state index contributed by atoms with van der Waals surface area (Å²) in [5, 5.41) is 0. The summed E-state index contributed by atoms with van der Waals surface area (Å²) in [5.41, 5.74) is 1.43. The van der Waals surface area contributed by atoms with E-state index >= 15 is 0 Å². The highest BCUT2D eigenvalue weighted by atomic mass is 35.5. The molecule has 0 heterocycles. The molecule has 0 aliphatic carbocycles. The Bertz CT molecular complexity index is 542. The Labute approximate surface area is 123 Å². The maximum atomic E-state index is 13.3. The third-order valence-electron chi connectivity index (χ3n) is 3.78. The van der Waals surface area contributed by atoms with Gasteiger partial charge in [-0.3, -0.25) is 0 Å². The molecule has 20 heavy (non-hydrogen) atoms. The van der Waals surface area contributed by atoms with Crippen molar-refractivity contribution in [3.63, 3.8) is 0 Å². The lowest BCUT2D eigenvalue weighted by Crippen LogP contribution is -2.30. The quantitative estimate of drug-likeness (QED) is 0.674. The maximum Gasteiger partial charge on any atom is 0.126 e. The summed E-state index contributed by atoms with van der Waals surface area (Å²) >= 11 is 6.20. The lowest BCUT2D eigenvalue weighted by Gasteiger charge is -2.31. The Balaban J connectivity index is 2.39. The van der Waals surface area contributed by atoms with Crippen molar-refractivity contribution in [2.75, 3.05) is 5.88 Å². The number of hydrogen-bond acceptors (Lipinski definition) is 0. The molecule has 2 rings (SSSR count). The molecule has 0 aromatic heterocycles. The van der Waals surface area contributed by atoms with Gasteiger partial charge in [0.1, 0.15) is 11.6 Å². The van der Waals surface area contributed by atoms with Gasteiger partial charge < -0.3 is 0 Å². The van der Waals surface area contributed by atoms with E-state index < -0.39 is 11.6 Å². The first kappa shape index (κ1) is 15.0. The summed E-state index contributed by atoms with van der Waals surface area (Å²) in [6.07, 6.45) is 1.32. The van der Waals surface area contributed by atoms with Gasteiger partial charge in [0.25, 0.3) is 0 Å². The molecule has 0 fully saturated rings. The standard InChI is InChI=1S/C17H17ClF2/c1-2-17(12-18,14-6-4-3-5-7-14)11-13-8-15(19)10-16(20)9-13/h3-10H,2,11-12H2,1H3. The largest absolute Gasteiger partial charge is 0.207 e. The molecular weight excluding hydrogens is 278 g/mol. The van der Waals surface area contributed by atoms with Gasteiger partial charge in [-0.15, -0.1) is 11.6 Å². The van der Waals surface area contributed by atoms with Crippen LogP contribution in [0, 0.1) is 11.6 Å². The Morgan fingerprint density at radius 1 is 1.00 bits per heavy atom. The maximum absolute atomic E-state index is 13.3. The minimum Gasteiger partial charge on any atom is -0.207 e. The number of halogens is 3. The van der Waals surface area contributed by atoms with E-state index in [1.807, 2.05) is 37.3 Å². The Morgan fingerprint density at radius 2 is 1.60 bits per heavy atom. The van der Waals surface area contributed by atoms with Gasteiger partial charge >= 0.3 is 0 Å². The molecular formula is C17H17ClF2. The number of benzene rings is 2. The van der Waals surface area contributed by atoms with Crippen molar-refractivity contribution < 1.29 is 8.78 Å². The summed E-state index contributed by atoms with van der Waals surface area (Å²) in [6.45, 7) is 2.05. The molecule has 2 aromatic rings. The normalized spacial score (nSPS) is 14.0. The van der Waals surface area contributed by atoms with Crippen molar-refractivity contribution in [1.29, 1.82) is 0 Å². The fourth-order valence-corrected chi connectivity index (χ4v) is 2.98. The van der Waals surface area contributed by atoms with Crippen LogP contribution in [-0.4, -0.2) is 5.88 Å². The van der Waals surface area contributed by atoms with Crippen molar-refractivity contribution in [3.05, 3.63) is 71.3 Å². The van der Waals surface area contributed by atoms with E-state index in [0.29, 0.717) is 17.9 Å². The summed E-state index contributed by atoms with van der Waals surface area (Å²) in [4.78, 5) is 0. The molecule has 106 valence electrons. The van der Waals surface area contributed by atoms with Crippen molar-refractivity contribution in [1.82, 2.24) is 0 Å². The molecule has 0 radical (unpaired) electrons. The monoisotopic (exact) mass is 294 g/mol. The van der Waals surface area contributed by atoms with Crippen LogP contribution in [-0.2, 0) is 11.8 Å². The first-order chi connectivity index (χ1) is 9.59. The average Bonchev–Trinajstić information content (AvgIpc) is 2.45. The van der Waals surface area contributed by atoms with Crippen molar-refractivity contribution in [2.24, 2.45) is 0 Å². The molecule has 0 saturated heterocycles. The molecule has 0 nitrogen and oxygen atoms in total. The van der Waals surface area contributed by atoms with E-state index in [1.165, 1.54) is 12.1 Å². The van der Waals surface area contributed by atoms with Gasteiger partial charge in [-0.2, -0.15) is 0 Å². The molecule has 0 bridgehead atoms. The Kier molecular flexibility index (Phi) is 4.77. The number of rotatable bonds is 5. The van der Waals surface area contributed by atoms with Crippen LogP contribution in [0.25, 0.3) is 0 Å². The molecule has 2 aromatic carbocycles. The Morgan fingerprint density at radius 3 is 2.10 bits per heavy atom. The lowest BCUT2D eigenvalue weighted by atomic mass is 9.75. The molecule has 0 saturated carbocycles. The van der Waals surface area contributed by atoms with E-state index in [1.54, 1.807) is 0 Å². The Hall–Kier alpha value is -1.41. The van der Waals surface area contributed by atoms with Gasteiger partial charge in [0.15, 0.2) is 0 Å². The van der Waals surface area contributed by atoms with E-state index in [-0.39, 0.29) is 5.41 Å². The van der Waals surface area contributed by atoms with E-state index in [0.717, 1.165) is 18.1 Å². The van der Waals surface area contributed by atoms with Crippen LogP contribution in [0.1, 0.15) is 24.5 Å². The number of alkyl halides is 1. The fraction of sp³-hybridized carbons (Fsp3) is 0.294. The van der Waals surface area contributed by atoms with Crippen molar-refractivity contribution >= 4 is 11.6 Å². The topological polar surface area (TPSA) is 0 Å². The summed E-state index contributed by atoms with van der Waals surface area (Å²) in [5.74, 6) is -0.689. The van der Waals surface area contributed by atoms with E-state index in [9.17, 15) is 8.78 Å². The average molecular weight is 295 g/mol. The molecule has 0 aliphatic rings. The second kappa shape index (κ2) is 6.36. The predicted molar refractivity (Wildman–Crippen MR) is 79.2 cm³/mol. The highest BCUT2D eigenvalue weighted by molar-refractivity contribution is 6.18. The molecule has 0 amide bonds. The molecule has 0 N–H and O–H groups in total. The molecule has 1 atom stereocenters. The zero-order valence-electron chi connectivity index (χ0n) is 11.4. The molecule has 0 spiro atoms. The van der Waals surface area contributed by atoms with Crippen LogP contribution in [0.3, 0.4) is 0 Å². The summed E-state index contributed by atoms with van der Waals surface area (Å²) < 4.78 is 26.7. The molecule has 1 unspecified atom stereocenters. The van der Waals surface area contributed by atoms with Crippen LogP contribution < -0.4 is 0 Å². The second-order valence-corrected chi connectivity index (χ2v) is 5.36. The third kappa shape index (κ3) is 3.18. The van der Waals surface area contributed by atoms with Crippen LogP contribution >= 0.6 is 11.6 Å². The molecule has 0 aliphatic heterocycles. The summed E-state index contributed by atoms with van der Waals surface area (Å²) in [6, 6.07) is 13.5. The van der Waals surface area contributed by atoms with Gasteiger partial charge in [0.2, 0.25) is 0 Å². The zero-order valence-corrected chi connectivity index (χ0v) is 12.1. The van der Waals surface area contributed by atoms with Gasteiger partial charge in [0, 0.05) is 17.4 Å². The fourth-order valence-electron chi connectivity index (χ4n) is 2.55. The molecule has 3 heteroatoms. The van der Waals surface area contributed by atoms with Gasteiger partial charge in [-0.25, -0.2) is 8.78 Å². The van der Waals surface area contributed by atoms with Gasteiger partial charge in [0.05, 0.1) is 0 Å². The highest BCUT2D eigenvalue weighted by Gasteiger charge is 2.30. The first-order valence-corrected chi connectivity index (χ1v) is 7.19. The smallest absolute Gasteiger partial charge is 0.126 e. The van der Waals surface area contributed by atoms with Crippen LogP contribution in [0.5, 0.6) is 0 Å². The first-order valence-electron chi connectivity index (χ1n) is 6.66. The summed E-state index contributed by atoms with van der Waals surface area (Å²) in [7, 11) is 0. The second-order valence-electron chi connectivity index (χ2n) is 5.09.